The number of ether oxygens (including phenoxy) is 1. The summed E-state index contributed by atoms with van der Waals surface area (Å²) in [5.74, 6) is 0.791. The van der Waals surface area contributed by atoms with Gasteiger partial charge < -0.3 is 15.4 Å². The average Bonchev–Trinajstić information content (AvgIpc) is 2.36. The largest absolute Gasteiger partial charge is 0.491 e. The molecule has 1 unspecified atom stereocenters. The van der Waals surface area contributed by atoms with Crippen molar-refractivity contribution in [2.45, 2.75) is 39.7 Å². The van der Waals surface area contributed by atoms with Gasteiger partial charge in [0, 0.05) is 24.8 Å². The molecule has 3 nitrogen and oxygen atoms in total. The van der Waals surface area contributed by atoms with Crippen molar-refractivity contribution < 1.29 is 4.74 Å². The maximum Gasteiger partial charge on any atom is 0.144 e. The molecule has 1 aromatic carbocycles. The molecule has 17 heavy (non-hydrogen) atoms. The van der Waals surface area contributed by atoms with Gasteiger partial charge in [0.05, 0.1) is 12.3 Å². The summed E-state index contributed by atoms with van der Waals surface area (Å²) in [7, 11) is 2.10. The van der Waals surface area contributed by atoms with Crippen molar-refractivity contribution in [3.8, 4) is 5.75 Å². The van der Waals surface area contributed by atoms with Gasteiger partial charge >= 0.3 is 0 Å². The quantitative estimate of drug-likeness (QED) is 0.770. The Labute approximate surface area is 105 Å². The number of rotatable bonds is 6. The molecule has 1 aromatic rings. The highest BCUT2D eigenvalue weighted by molar-refractivity contribution is 5.62. The lowest BCUT2D eigenvalue weighted by Gasteiger charge is -2.26. The molecule has 1 rings (SSSR count). The van der Waals surface area contributed by atoms with E-state index in [2.05, 4.69) is 32.7 Å². The van der Waals surface area contributed by atoms with E-state index in [1.54, 1.807) is 0 Å². The Hall–Kier alpha value is -1.38. The number of hydrogen-bond acceptors (Lipinski definition) is 3. The van der Waals surface area contributed by atoms with Crippen molar-refractivity contribution in [2.24, 2.45) is 0 Å². The highest BCUT2D eigenvalue weighted by atomic mass is 16.5. The molecule has 96 valence electrons. The first-order valence-corrected chi connectivity index (χ1v) is 6.35. The van der Waals surface area contributed by atoms with Crippen LogP contribution in [0.3, 0.4) is 0 Å². The fraction of sp³-hybridized carbons (Fsp3) is 0.571. The van der Waals surface area contributed by atoms with Crippen molar-refractivity contribution >= 4 is 11.4 Å². The topological polar surface area (TPSA) is 38.5 Å². The second-order valence-corrected chi connectivity index (χ2v) is 4.44. The predicted molar refractivity (Wildman–Crippen MR) is 74.8 cm³/mol. The molecule has 2 N–H and O–H groups in total. The van der Waals surface area contributed by atoms with Crippen LogP contribution in [-0.2, 0) is 0 Å². The van der Waals surface area contributed by atoms with Gasteiger partial charge in [-0.2, -0.15) is 0 Å². The van der Waals surface area contributed by atoms with Crippen LogP contribution in [0.2, 0.25) is 0 Å². The molecule has 0 bridgehead atoms. The molecule has 0 saturated carbocycles. The van der Waals surface area contributed by atoms with Crippen LogP contribution in [-0.4, -0.2) is 19.7 Å². The number of anilines is 2. The number of nitrogens with two attached hydrogens (primary N) is 1. The molecule has 0 heterocycles. The Bertz CT molecular complexity index is 352. The van der Waals surface area contributed by atoms with Crippen molar-refractivity contribution in [3.05, 3.63) is 18.2 Å². The van der Waals surface area contributed by atoms with Gasteiger partial charge in [0.25, 0.3) is 0 Å². The SMILES string of the molecule is CCCOc1cc(N(C)C(C)CC)ccc1N. The lowest BCUT2D eigenvalue weighted by atomic mass is 10.2. The minimum atomic E-state index is 0.512. The van der Waals surface area contributed by atoms with Crippen LogP contribution in [0.4, 0.5) is 11.4 Å². The van der Waals surface area contributed by atoms with Crippen LogP contribution in [0, 0.1) is 0 Å². The van der Waals surface area contributed by atoms with Crippen molar-refractivity contribution in [1.82, 2.24) is 0 Å². The van der Waals surface area contributed by atoms with Gasteiger partial charge in [0.2, 0.25) is 0 Å². The Balaban J connectivity index is 2.87. The number of nitrogen functional groups attached to an aromatic ring is 1. The summed E-state index contributed by atoms with van der Waals surface area (Å²) in [5.41, 5.74) is 7.76. The van der Waals surface area contributed by atoms with Crippen LogP contribution in [0.25, 0.3) is 0 Å². The number of nitrogens with zero attached hydrogens (tertiary/aromatic N) is 1. The van der Waals surface area contributed by atoms with E-state index in [4.69, 9.17) is 10.5 Å². The second-order valence-electron chi connectivity index (χ2n) is 4.44. The third-order valence-electron chi connectivity index (χ3n) is 3.12. The van der Waals surface area contributed by atoms with E-state index in [0.717, 1.165) is 24.3 Å². The summed E-state index contributed by atoms with van der Waals surface area (Å²) < 4.78 is 5.64. The van der Waals surface area contributed by atoms with Gasteiger partial charge in [-0.15, -0.1) is 0 Å². The second kappa shape index (κ2) is 6.38. The minimum Gasteiger partial charge on any atom is -0.491 e. The molecule has 3 heteroatoms. The molecular weight excluding hydrogens is 212 g/mol. The minimum absolute atomic E-state index is 0.512. The van der Waals surface area contributed by atoms with Gasteiger partial charge in [0.1, 0.15) is 5.75 Å². The summed E-state index contributed by atoms with van der Waals surface area (Å²) >= 11 is 0. The number of hydrogen-bond donors (Lipinski definition) is 1. The summed E-state index contributed by atoms with van der Waals surface area (Å²) in [6, 6.07) is 6.49. The molecular formula is C14H24N2O. The van der Waals surface area contributed by atoms with E-state index in [0.29, 0.717) is 18.3 Å². The maximum absolute atomic E-state index is 5.90. The smallest absolute Gasteiger partial charge is 0.144 e. The molecule has 0 aliphatic carbocycles. The van der Waals surface area contributed by atoms with E-state index in [1.807, 2.05) is 18.2 Å². The average molecular weight is 236 g/mol. The highest BCUT2D eigenvalue weighted by Crippen LogP contribution is 2.28. The lowest BCUT2D eigenvalue weighted by molar-refractivity contribution is 0.319. The first-order valence-electron chi connectivity index (χ1n) is 6.35. The summed E-state index contributed by atoms with van der Waals surface area (Å²) in [6.07, 6.45) is 2.11. The first-order chi connectivity index (χ1) is 8.10. The summed E-state index contributed by atoms with van der Waals surface area (Å²) in [5, 5.41) is 0. The van der Waals surface area contributed by atoms with Crippen LogP contribution in [0.5, 0.6) is 5.75 Å². The lowest BCUT2D eigenvalue weighted by Crippen LogP contribution is -2.27. The van der Waals surface area contributed by atoms with E-state index < -0.39 is 0 Å². The van der Waals surface area contributed by atoms with Crippen LogP contribution in [0.15, 0.2) is 18.2 Å². The summed E-state index contributed by atoms with van der Waals surface area (Å²) in [4.78, 5) is 2.25. The van der Waals surface area contributed by atoms with E-state index in [-0.39, 0.29) is 0 Å². The van der Waals surface area contributed by atoms with Gasteiger partial charge in [-0.1, -0.05) is 13.8 Å². The third kappa shape index (κ3) is 3.55. The zero-order valence-electron chi connectivity index (χ0n) is 11.4. The fourth-order valence-electron chi connectivity index (χ4n) is 1.61. The molecule has 0 spiro atoms. The Morgan fingerprint density at radius 3 is 2.65 bits per heavy atom. The molecule has 0 aliphatic heterocycles. The van der Waals surface area contributed by atoms with Gasteiger partial charge in [0.15, 0.2) is 0 Å². The van der Waals surface area contributed by atoms with Crippen LogP contribution < -0.4 is 15.4 Å². The molecule has 0 radical (unpaired) electrons. The van der Waals surface area contributed by atoms with Gasteiger partial charge in [-0.3, -0.25) is 0 Å². The van der Waals surface area contributed by atoms with Crippen molar-refractivity contribution in [1.29, 1.82) is 0 Å². The zero-order chi connectivity index (χ0) is 12.8. The van der Waals surface area contributed by atoms with E-state index >= 15 is 0 Å². The Kier molecular flexibility index (Phi) is 5.13. The van der Waals surface area contributed by atoms with Gasteiger partial charge in [-0.25, -0.2) is 0 Å². The Morgan fingerprint density at radius 2 is 2.06 bits per heavy atom. The molecule has 0 amide bonds. The van der Waals surface area contributed by atoms with E-state index in [1.165, 1.54) is 0 Å². The zero-order valence-corrected chi connectivity index (χ0v) is 11.4. The molecule has 0 aromatic heterocycles. The number of benzene rings is 1. The van der Waals surface area contributed by atoms with Crippen LogP contribution in [0.1, 0.15) is 33.6 Å². The molecule has 0 saturated heterocycles. The van der Waals surface area contributed by atoms with Crippen LogP contribution >= 0.6 is 0 Å². The molecule has 1 atom stereocenters. The monoisotopic (exact) mass is 236 g/mol. The fourth-order valence-corrected chi connectivity index (χ4v) is 1.61. The first kappa shape index (κ1) is 13.7. The maximum atomic E-state index is 5.90. The molecule has 0 fully saturated rings. The van der Waals surface area contributed by atoms with Crippen molar-refractivity contribution in [2.75, 3.05) is 24.3 Å². The molecule has 0 aliphatic rings. The highest BCUT2D eigenvalue weighted by Gasteiger charge is 2.10. The summed E-state index contributed by atoms with van der Waals surface area (Å²) in [6.45, 7) is 7.20. The Morgan fingerprint density at radius 1 is 1.35 bits per heavy atom. The predicted octanol–water partition coefficient (Wildman–Crippen LogP) is 3.29. The van der Waals surface area contributed by atoms with Gasteiger partial charge in [-0.05, 0) is 31.9 Å². The van der Waals surface area contributed by atoms with E-state index in [9.17, 15) is 0 Å². The normalized spacial score (nSPS) is 12.2. The standard InChI is InChI=1S/C14H24N2O/c1-5-9-17-14-10-12(7-8-13(14)15)16(4)11(3)6-2/h7-8,10-11H,5-6,9,15H2,1-4H3. The third-order valence-corrected chi connectivity index (χ3v) is 3.12. The van der Waals surface area contributed by atoms with Crippen molar-refractivity contribution in [3.63, 3.8) is 0 Å².